The summed E-state index contributed by atoms with van der Waals surface area (Å²) in [5.74, 6) is -2.80. The summed E-state index contributed by atoms with van der Waals surface area (Å²) >= 11 is 0. The molecule has 1 saturated heterocycles. The SMILES string of the molecule is CC(=O)OCC(=O)C12OC3(CCCC3)O[C@@H]1C[C@H]1C3CCC4=CC(=O)C=CC4(C)C3(F)C(O)CC12C. The van der Waals surface area contributed by atoms with Gasteiger partial charge in [0.2, 0.25) is 5.78 Å². The highest BCUT2D eigenvalue weighted by Crippen LogP contribution is 2.73. The standard InChI is InChI=1S/C28H35FO7/c1-16(30)34-15-22(33)28-23(35-26(36-28)9-4-5-10-26)13-20-19-7-6-17-12-18(31)8-11-24(17,2)27(19,29)21(32)14-25(20,28)3/h8,11-12,19-21,23,32H,4-7,9-10,13-15H2,1-3H3/t19?,20-,21?,23+,24?,25?,27?,28?/m0/s1. The average Bonchev–Trinajstić information content (AvgIpc) is 3.47. The van der Waals surface area contributed by atoms with Crippen LogP contribution in [0.3, 0.4) is 0 Å². The first kappa shape index (κ1) is 24.4. The summed E-state index contributed by atoms with van der Waals surface area (Å²) < 4.78 is 35.8. The van der Waals surface area contributed by atoms with Gasteiger partial charge < -0.3 is 19.3 Å². The summed E-state index contributed by atoms with van der Waals surface area (Å²) in [6, 6.07) is 0. The monoisotopic (exact) mass is 502 g/mol. The van der Waals surface area contributed by atoms with E-state index in [9.17, 15) is 19.5 Å². The van der Waals surface area contributed by atoms with Crippen LogP contribution in [-0.4, -0.2) is 58.5 Å². The summed E-state index contributed by atoms with van der Waals surface area (Å²) in [5.41, 5.74) is -4.72. The highest BCUT2D eigenvalue weighted by atomic mass is 19.1. The Bertz CT molecular complexity index is 1090. The number of ether oxygens (including phenoxy) is 3. The maximum atomic E-state index is 17.4. The summed E-state index contributed by atoms with van der Waals surface area (Å²) in [5, 5.41) is 11.6. The first-order valence-corrected chi connectivity index (χ1v) is 13.3. The van der Waals surface area contributed by atoms with Crippen LogP contribution in [0.1, 0.15) is 72.1 Å². The zero-order chi connectivity index (χ0) is 25.7. The molecule has 8 heteroatoms. The summed E-state index contributed by atoms with van der Waals surface area (Å²) in [4.78, 5) is 37.5. The zero-order valence-electron chi connectivity index (χ0n) is 21.2. The van der Waals surface area contributed by atoms with Crippen LogP contribution in [0, 0.1) is 22.7 Å². The maximum Gasteiger partial charge on any atom is 0.303 e. The Morgan fingerprint density at radius 3 is 2.64 bits per heavy atom. The van der Waals surface area contributed by atoms with Gasteiger partial charge in [-0.1, -0.05) is 18.6 Å². The molecule has 6 rings (SSSR count). The van der Waals surface area contributed by atoms with E-state index >= 15 is 4.39 Å². The van der Waals surface area contributed by atoms with Crippen molar-refractivity contribution in [3.05, 3.63) is 23.8 Å². The molecule has 6 unspecified atom stereocenters. The van der Waals surface area contributed by atoms with E-state index in [2.05, 4.69) is 0 Å². The van der Waals surface area contributed by atoms with E-state index in [0.717, 1.165) is 12.8 Å². The van der Waals surface area contributed by atoms with Crippen molar-refractivity contribution < 1.29 is 38.1 Å². The maximum absolute atomic E-state index is 17.4. The number of Topliss-reactive ketones (excluding diaryl/α,β-unsaturated/α-hetero) is 1. The van der Waals surface area contributed by atoms with Gasteiger partial charge in [-0.05, 0) is 63.5 Å². The number of aliphatic hydroxyl groups excluding tert-OH is 1. The van der Waals surface area contributed by atoms with Gasteiger partial charge in [-0.15, -0.1) is 0 Å². The Hall–Kier alpha value is -1.90. The molecule has 196 valence electrons. The molecule has 5 aliphatic carbocycles. The Labute approximate surface area is 210 Å². The van der Waals surface area contributed by atoms with Crippen molar-refractivity contribution in [2.24, 2.45) is 22.7 Å². The van der Waals surface area contributed by atoms with Gasteiger partial charge in [0.05, 0.1) is 12.2 Å². The minimum atomic E-state index is -2.00. The minimum Gasteiger partial charge on any atom is -0.458 e. The number of hydrogen-bond donors (Lipinski definition) is 1. The first-order chi connectivity index (χ1) is 16.9. The second-order valence-corrected chi connectivity index (χ2v) is 12.3. The zero-order valence-corrected chi connectivity index (χ0v) is 21.2. The smallest absolute Gasteiger partial charge is 0.303 e. The molecule has 0 bridgehead atoms. The second-order valence-electron chi connectivity index (χ2n) is 12.3. The number of allylic oxidation sites excluding steroid dienone is 4. The number of alkyl halides is 1. The van der Waals surface area contributed by atoms with Crippen LogP contribution in [-0.2, 0) is 28.6 Å². The number of rotatable bonds is 3. The molecule has 4 saturated carbocycles. The van der Waals surface area contributed by atoms with Crippen LogP contribution in [0.15, 0.2) is 23.8 Å². The van der Waals surface area contributed by atoms with Gasteiger partial charge in [-0.25, -0.2) is 4.39 Å². The highest BCUT2D eigenvalue weighted by molar-refractivity contribution is 6.01. The Balaban J connectivity index is 1.44. The van der Waals surface area contributed by atoms with Crippen LogP contribution in [0.5, 0.6) is 0 Å². The van der Waals surface area contributed by atoms with E-state index in [4.69, 9.17) is 14.2 Å². The third kappa shape index (κ3) is 2.81. The molecular formula is C28H35FO7. The third-order valence-corrected chi connectivity index (χ3v) is 10.7. The van der Waals surface area contributed by atoms with E-state index < -0.39 is 58.6 Å². The Morgan fingerprint density at radius 1 is 1.22 bits per heavy atom. The van der Waals surface area contributed by atoms with Gasteiger partial charge in [0.25, 0.3) is 0 Å². The van der Waals surface area contributed by atoms with Crippen LogP contribution in [0.4, 0.5) is 4.39 Å². The van der Waals surface area contributed by atoms with Gasteiger partial charge in [-0.3, -0.25) is 14.4 Å². The van der Waals surface area contributed by atoms with E-state index in [1.807, 2.05) is 6.92 Å². The lowest BCUT2D eigenvalue weighted by Crippen LogP contribution is -2.70. The summed E-state index contributed by atoms with van der Waals surface area (Å²) in [7, 11) is 0. The summed E-state index contributed by atoms with van der Waals surface area (Å²) in [6.45, 7) is 4.52. The number of carbonyl (C=O) groups is 3. The number of hydrogen-bond acceptors (Lipinski definition) is 7. The van der Waals surface area contributed by atoms with Crippen LogP contribution in [0.25, 0.3) is 0 Å². The van der Waals surface area contributed by atoms with Crippen molar-refractivity contribution in [1.82, 2.24) is 0 Å². The third-order valence-electron chi connectivity index (χ3n) is 10.7. The molecule has 0 amide bonds. The molecule has 1 N–H and O–H groups in total. The van der Waals surface area contributed by atoms with Crippen molar-refractivity contribution in [3.63, 3.8) is 0 Å². The minimum absolute atomic E-state index is 0.0110. The molecule has 8 atom stereocenters. The van der Waals surface area contributed by atoms with E-state index in [-0.39, 0.29) is 23.9 Å². The lowest BCUT2D eigenvalue weighted by Gasteiger charge is -2.62. The van der Waals surface area contributed by atoms with Crippen molar-refractivity contribution >= 4 is 17.5 Å². The number of halogens is 1. The van der Waals surface area contributed by atoms with Crippen LogP contribution < -0.4 is 0 Å². The van der Waals surface area contributed by atoms with Gasteiger partial charge in [0, 0.05) is 36.5 Å². The van der Waals surface area contributed by atoms with E-state index in [1.165, 1.54) is 19.1 Å². The topological polar surface area (TPSA) is 99.1 Å². The molecule has 1 aliphatic heterocycles. The van der Waals surface area contributed by atoms with Crippen molar-refractivity contribution in [1.29, 1.82) is 0 Å². The quantitative estimate of drug-likeness (QED) is 0.590. The predicted molar refractivity (Wildman–Crippen MR) is 125 cm³/mol. The van der Waals surface area contributed by atoms with Crippen LogP contribution in [0.2, 0.25) is 0 Å². The van der Waals surface area contributed by atoms with Crippen molar-refractivity contribution in [3.8, 4) is 0 Å². The van der Waals surface area contributed by atoms with E-state index in [1.54, 1.807) is 13.0 Å². The number of ketones is 2. The highest BCUT2D eigenvalue weighted by Gasteiger charge is 2.80. The Kier molecular flexibility index (Phi) is 5.14. The molecular weight excluding hydrogens is 467 g/mol. The number of carbonyl (C=O) groups excluding carboxylic acids is 3. The Morgan fingerprint density at radius 2 is 1.94 bits per heavy atom. The number of fused-ring (bicyclic) bond motifs is 7. The molecule has 0 aromatic carbocycles. The molecule has 0 aromatic heterocycles. The lowest BCUT2D eigenvalue weighted by molar-refractivity contribution is -0.253. The fourth-order valence-corrected chi connectivity index (χ4v) is 9.04. The van der Waals surface area contributed by atoms with E-state index in [0.29, 0.717) is 37.7 Å². The normalized spacial score (nSPS) is 48.1. The van der Waals surface area contributed by atoms with Crippen molar-refractivity contribution in [2.75, 3.05) is 6.61 Å². The number of aliphatic hydroxyl groups is 1. The first-order valence-electron chi connectivity index (χ1n) is 13.3. The molecule has 6 aliphatic rings. The molecule has 5 fully saturated rings. The van der Waals surface area contributed by atoms with Gasteiger partial charge >= 0.3 is 5.97 Å². The summed E-state index contributed by atoms with van der Waals surface area (Å²) in [6.07, 6.45) is 7.23. The van der Waals surface area contributed by atoms with Crippen molar-refractivity contribution in [2.45, 2.75) is 101 Å². The molecule has 7 nitrogen and oxygen atoms in total. The molecule has 0 aromatic rings. The predicted octanol–water partition coefficient (Wildman–Crippen LogP) is 3.52. The van der Waals surface area contributed by atoms with Gasteiger partial charge in [0.1, 0.15) is 0 Å². The number of esters is 1. The van der Waals surface area contributed by atoms with Crippen LogP contribution >= 0.6 is 0 Å². The molecule has 0 radical (unpaired) electrons. The average molecular weight is 503 g/mol. The lowest BCUT2D eigenvalue weighted by atomic mass is 9.44. The molecule has 1 heterocycles. The van der Waals surface area contributed by atoms with Gasteiger partial charge in [0.15, 0.2) is 29.4 Å². The fourth-order valence-electron chi connectivity index (χ4n) is 9.04. The fraction of sp³-hybridized carbons (Fsp3) is 0.750. The molecule has 36 heavy (non-hydrogen) atoms. The van der Waals surface area contributed by atoms with Gasteiger partial charge in [-0.2, -0.15) is 0 Å². The second kappa shape index (κ2) is 7.58. The molecule has 1 spiro atoms. The largest absolute Gasteiger partial charge is 0.458 e.